The molecule has 3 rings (SSSR count). The molecule has 2 heterocycles. The maximum atomic E-state index is 12.3. The molecule has 1 aromatic carbocycles. The van der Waals surface area contributed by atoms with E-state index in [1.807, 2.05) is 4.90 Å². The molecule has 2 aliphatic rings. The van der Waals surface area contributed by atoms with Crippen LogP contribution in [0.15, 0.2) is 24.3 Å². The minimum Gasteiger partial charge on any atom is -0.368 e. The van der Waals surface area contributed by atoms with E-state index in [0.29, 0.717) is 19.7 Å². The molecular weight excluding hydrogens is 286 g/mol. The lowest BCUT2D eigenvalue weighted by atomic mass is 10.2. The lowest BCUT2D eigenvalue weighted by Crippen LogP contribution is -2.51. The summed E-state index contributed by atoms with van der Waals surface area (Å²) >= 11 is 0. The zero-order valence-corrected chi connectivity index (χ0v) is 12.3. The number of piperazine rings is 1. The standard InChI is InChI=1S/C15H19N3O4/c19-15(14-2-1-11-22-14)17-9-7-16(8-10-17)12-3-5-13(6-4-12)18(20)21/h3-6,14H,1-2,7-11H2. The first-order chi connectivity index (χ1) is 10.6. The second kappa shape index (κ2) is 6.31. The molecule has 2 saturated heterocycles. The predicted octanol–water partition coefficient (Wildman–Crippen LogP) is 1.42. The summed E-state index contributed by atoms with van der Waals surface area (Å²) in [7, 11) is 0. The van der Waals surface area contributed by atoms with Gasteiger partial charge in [0.25, 0.3) is 11.6 Å². The molecule has 22 heavy (non-hydrogen) atoms. The van der Waals surface area contributed by atoms with Crippen molar-refractivity contribution < 1.29 is 14.5 Å². The van der Waals surface area contributed by atoms with Crippen LogP contribution in [0.2, 0.25) is 0 Å². The monoisotopic (exact) mass is 305 g/mol. The van der Waals surface area contributed by atoms with E-state index in [1.165, 1.54) is 12.1 Å². The van der Waals surface area contributed by atoms with Crippen molar-refractivity contribution in [2.24, 2.45) is 0 Å². The quantitative estimate of drug-likeness (QED) is 0.623. The number of amides is 1. The molecule has 118 valence electrons. The van der Waals surface area contributed by atoms with Crippen molar-refractivity contribution in [1.29, 1.82) is 0 Å². The van der Waals surface area contributed by atoms with Gasteiger partial charge in [-0.1, -0.05) is 0 Å². The second-order valence-electron chi connectivity index (χ2n) is 5.59. The average molecular weight is 305 g/mol. The molecule has 1 amide bonds. The number of benzene rings is 1. The minimum absolute atomic E-state index is 0.0935. The first-order valence-corrected chi connectivity index (χ1v) is 7.55. The summed E-state index contributed by atoms with van der Waals surface area (Å²) in [5.74, 6) is 0.0980. The largest absolute Gasteiger partial charge is 0.368 e. The normalized spacial score (nSPS) is 21.9. The molecule has 1 atom stereocenters. The number of rotatable bonds is 3. The van der Waals surface area contributed by atoms with E-state index in [1.54, 1.807) is 12.1 Å². The molecule has 7 nitrogen and oxygen atoms in total. The van der Waals surface area contributed by atoms with Crippen LogP contribution in [-0.4, -0.2) is 54.6 Å². The minimum atomic E-state index is -0.401. The van der Waals surface area contributed by atoms with E-state index in [2.05, 4.69) is 4.90 Å². The van der Waals surface area contributed by atoms with Gasteiger partial charge in [0.2, 0.25) is 0 Å². The molecule has 1 unspecified atom stereocenters. The average Bonchev–Trinajstić information content (AvgIpc) is 3.09. The number of nitrogens with zero attached hydrogens (tertiary/aromatic N) is 3. The number of ether oxygens (including phenoxy) is 1. The molecular formula is C15H19N3O4. The van der Waals surface area contributed by atoms with Gasteiger partial charge in [-0.2, -0.15) is 0 Å². The molecule has 2 aliphatic heterocycles. The van der Waals surface area contributed by atoms with Crippen molar-refractivity contribution >= 4 is 17.3 Å². The molecule has 0 aromatic heterocycles. The number of anilines is 1. The van der Waals surface area contributed by atoms with Gasteiger partial charge in [0.1, 0.15) is 6.10 Å². The van der Waals surface area contributed by atoms with Gasteiger partial charge in [0.05, 0.1) is 4.92 Å². The highest BCUT2D eigenvalue weighted by molar-refractivity contribution is 5.81. The van der Waals surface area contributed by atoms with Crippen LogP contribution < -0.4 is 4.90 Å². The van der Waals surface area contributed by atoms with E-state index in [0.717, 1.165) is 31.6 Å². The van der Waals surface area contributed by atoms with Crippen LogP contribution in [0.3, 0.4) is 0 Å². The molecule has 1 aromatic rings. The fraction of sp³-hybridized carbons (Fsp3) is 0.533. The molecule has 0 spiro atoms. The summed E-state index contributed by atoms with van der Waals surface area (Å²) in [4.78, 5) is 26.5. The third kappa shape index (κ3) is 3.04. The Balaban J connectivity index is 1.57. The Morgan fingerprint density at radius 3 is 2.41 bits per heavy atom. The summed E-state index contributed by atoms with van der Waals surface area (Å²) in [6, 6.07) is 6.55. The number of hydrogen-bond donors (Lipinski definition) is 0. The summed E-state index contributed by atoms with van der Waals surface area (Å²) < 4.78 is 5.45. The summed E-state index contributed by atoms with van der Waals surface area (Å²) in [5, 5.41) is 10.7. The molecule has 0 aliphatic carbocycles. The highest BCUT2D eigenvalue weighted by Gasteiger charge is 2.30. The topological polar surface area (TPSA) is 75.9 Å². The van der Waals surface area contributed by atoms with E-state index < -0.39 is 4.92 Å². The highest BCUT2D eigenvalue weighted by Crippen LogP contribution is 2.22. The maximum Gasteiger partial charge on any atom is 0.269 e. The van der Waals surface area contributed by atoms with Crippen LogP contribution >= 0.6 is 0 Å². The predicted molar refractivity (Wildman–Crippen MR) is 80.9 cm³/mol. The Hall–Kier alpha value is -2.15. The fourth-order valence-electron chi connectivity index (χ4n) is 2.95. The Morgan fingerprint density at radius 2 is 1.86 bits per heavy atom. The summed E-state index contributed by atoms with van der Waals surface area (Å²) in [5.41, 5.74) is 1.05. The van der Waals surface area contributed by atoms with Crippen molar-refractivity contribution in [2.45, 2.75) is 18.9 Å². The van der Waals surface area contributed by atoms with Crippen LogP contribution in [0.4, 0.5) is 11.4 Å². The van der Waals surface area contributed by atoms with Crippen LogP contribution in [0.25, 0.3) is 0 Å². The molecule has 0 bridgehead atoms. The number of nitro groups is 1. The Kier molecular flexibility index (Phi) is 4.24. The molecule has 7 heteroatoms. The number of carbonyl (C=O) groups is 1. The lowest BCUT2D eigenvalue weighted by molar-refractivity contribution is -0.384. The van der Waals surface area contributed by atoms with Crippen molar-refractivity contribution in [3.05, 3.63) is 34.4 Å². The van der Waals surface area contributed by atoms with Crippen molar-refractivity contribution in [3.8, 4) is 0 Å². The molecule has 0 saturated carbocycles. The SMILES string of the molecule is O=C(C1CCCO1)N1CCN(c2ccc([N+](=O)[O-])cc2)CC1. The Labute approximate surface area is 128 Å². The highest BCUT2D eigenvalue weighted by atomic mass is 16.6. The lowest BCUT2D eigenvalue weighted by Gasteiger charge is -2.37. The van der Waals surface area contributed by atoms with Gasteiger partial charge in [-0.15, -0.1) is 0 Å². The van der Waals surface area contributed by atoms with Gasteiger partial charge in [-0.05, 0) is 25.0 Å². The number of hydrogen-bond acceptors (Lipinski definition) is 5. The smallest absolute Gasteiger partial charge is 0.269 e. The molecule has 0 radical (unpaired) electrons. The third-order valence-electron chi connectivity index (χ3n) is 4.22. The van der Waals surface area contributed by atoms with Gasteiger partial charge >= 0.3 is 0 Å². The third-order valence-corrected chi connectivity index (χ3v) is 4.22. The zero-order chi connectivity index (χ0) is 15.5. The van der Waals surface area contributed by atoms with Crippen LogP contribution in [0.5, 0.6) is 0 Å². The molecule has 2 fully saturated rings. The van der Waals surface area contributed by atoms with Crippen molar-refractivity contribution in [1.82, 2.24) is 4.90 Å². The van der Waals surface area contributed by atoms with Crippen LogP contribution in [-0.2, 0) is 9.53 Å². The number of nitro benzene ring substituents is 1. The van der Waals surface area contributed by atoms with Gasteiger partial charge in [-0.25, -0.2) is 0 Å². The van der Waals surface area contributed by atoms with Crippen molar-refractivity contribution in [3.63, 3.8) is 0 Å². The van der Waals surface area contributed by atoms with E-state index >= 15 is 0 Å². The summed E-state index contributed by atoms with van der Waals surface area (Å²) in [6.45, 7) is 3.47. The first kappa shape index (κ1) is 14.8. The number of non-ortho nitro benzene ring substituents is 1. The van der Waals surface area contributed by atoms with E-state index in [-0.39, 0.29) is 17.7 Å². The first-order valence-electron chi connectivity index (χ1n) is 7.55. The van der Waals surface area contributed by atoms with E-state index in [4.69, 9.17) is 4.74 Å². The van der Waals surface area contributed by atoms with E-state index in [9.17, 15) is 14.9 Å². The number of carbonyl (C=O) groups excluding carboxylic acids is 1. The fourth-order valence-corrected chi connectivity index (χ4v) is 2.95. The molecule has 0 N–H and O–H groups in total. The van der Waals surface area contributed by atoms with Gasteiger partial charge in [0.15, 0.2) is 0 Å². The zero-order valence-electron chi connectivity index (χ0n) is 12.3. The van der Waals surface area contributed by atoms with Crippen LogP contribution in [0.1, 0.15) is 12.8 Å². The van der Waals surface area contributed by atoms with Gasteiger partial charge in [0, 0.05) is 50.6 Å². The Morgan fingerprint density at radius 1 is 1.18 bits per heavy atom. The second-order valence-corrected chi connectivity index (χ2v) is 5.59. The Bertz CT molecular complexity index is 546. The maximum absolute atomic E-state index is 12.3. The van der Waals surface area contributed by atoms with Gasteiger partial charge < -0.3 is 14.5 Å². The van der Waals surface area contributed by atoms with Gasteiger partial charge in [-0.3, -0.25) is 14.9 Å². The summed E-state index contributed by atoms with van der Waals surface area (Å²) in [6.07, 6.45) is 1.52. The van der Waals surface area contributed by atoms with Crippen molar-refractivity contribution in [2.75, 3.05) is 37.7 Å². The van der Waals surface area contributed by atoms with Crippen LogP contribution in [0, 0.1) is 10.1 Å².